The van der Waals surface area contributed by atoms with Crippen molar-refractivity contribution in [3.05, 3.63) is 0 Å². The van der Waals surface area contributed by atoms with Crippen molar-refractivity contribution in [2.24, 2.45) is 5.92 Å². The van der Waals surface area contributed by atoms with Gasteiger partial charge in [-0.1, -0.05) is 0 Å². The highest BCUT2D eigenvalue weighted by molar-refractivity contribution is 5.82. The third kappa shape index (κ3) is 3.22. The normalized spacial score (nSPS) is 27.6. The molecule has 0 heterocycles. The summed E-state index contributed by atoms with van der Waals surface area (Å²) in [5.41, 5.74) is -0.980. The number of rotatable bonds is 5. The molecule has 1 aliphatic rings. The van der Waals surface area contributed by atoms with Crippen LogP contribution in [-0.2, 0) is 23.8 Å². The van der Waals surface area contributed by atoms with Crippen molar-refractivity contribution in [1.29, 1.82) is 0 Å². The monoisotopic (exact) mass is 258 g/mol. The lowest BCUT2D eigenvalue weighted by atomic mass is 9.78. The average Bonchev–Trinajstić information content (AvgIpc) is 2.39. The fourth-order valence-corrected chi connectivity index (χ4v) is 2.41. The van der Waals surface area contributed by atoms with E-state index in [1.54, 1.807) is 13.8 Å². The van der Waals surface area contributed by atoms with Crippen LogP contribution >= 0.6 is 0 Å². The van der Waals surface area contributed by atoms with Crippen LogP contribution in [0.25, 0.3) is 0 Å². The topological polar surface area (TPSA) is 61.8 Å². The van der Waals surface area contributed by atoms with Gasteiger partial charge in [0.2, 0.25) is 0 Å². The van der Waals surface area contributed by atoms with Gasteiger partial charge in [-0.05, 0) is 33.1 Å². The van der Waals surface area contributed by atoms with Gasteiger partial charge in [-0.2, -0.15) is 0 Å². The lowest BCUT2D eigenvalue weighted by molar-refractivity contribution is -0.178. The minimum atomic E-state index is -0.980. The van der Waals surface area contributed by atoms with Gasteiger partial charge >= 0.3 is 11.9 Å². The highest BCUT2D eigenvalue weighted by Crippen LogP contribution is 2.36. The second kappa shape index (κ2) is 6.73. The molecule has 0 aromatic heterocycles. The number of hydrogen-bond acceptors (Lipinski definition) is 5. The molecule has 2 unspecified atom stereocenters. The summed E-state index contributed by atoms with van der Waals surface area (Å²) < 4.78 is 15.4. The van der Waals surface area contributed by atoms with Crippen molar-refractivity contribution in [2.45, 2.75) is 45.1 Å². The Hall–Kier alpha value is -1.10. The number of carbonyl (C=O) groups is 2. The molecule has 0 aromatic rings. The molecule has 0 N–H and O–H groups in total. The summed E-state index contributed by atoms with van der Waals surface area (Å²) in [6.45, 7) is 4.20. The first-order valence-corrected chi connectivity index (χ1v) is 6.48. The highest BCUT2D eigenvalue weighted by Gasteiger charge is 2.46. The van der Waals surface area contributed by atoms with E-state index in [-0.39, 0.29) is 17.9 Å². The van der Waals surface area contributed by atoms with Crippen LogP contribution in [0.15, 0.2) is 0 Å². The maximum atomic E-state index is 12.0. The van der Waals surface area contributed by atoms with E-state index < -0.39 is 5.60 Å². The third-order valence-corrected chi connectivity index (χ3v) is 3.37. The summed E-state index contributed by atoms with van der Waals surface area (Å²) >= 11 is 0. The number of ether oxygens (including phenoxy) is 3. The Kier molecular flexibility index (Phi) is 5.59. The molecule has 1 fully saturated rings. The van der Waals surface area contributed by atoms with Gasteiger partial charge in [0.05, 0.1) is 19.1 Å². The molecule has 0 aromatic carbocycles. The van der Waals surface area contributed by atoms with Crippen molar-refractivity contribution in [2.75, 3.05) is 20.3 Å². The molecule has 5 heteroatoms. The summed E-state index contributed by atoms with van der Waals surface area (Å²) in [5.74, 6) is -0.896. The number of hydrogen-bond donors (Lipinski definition) is 0. The fourth-order valence-electron chi connectivity index (χ4n) is 2.41. The SMILES string of the molecule is CCOC(=O)C1CCCC(OC)(C(=O)OCC)C1. The van der Waals surface area contributed by atoms with Gasteiger partial charge in [0.25, 0.3) is 0 Å². The van der Waals surface area contributed by atoms with Crippen LogP contribution in [0.5, 0.6) is 0 Å². The summed E-state index contributed by atoms with van der Waals surface area (Å²) in [4.78, 5) is 23.7. The van der Waals surface area contributed by atoms with Crippen LogP contribution in [0, 0.1) is 5.92 Å². The summed E-state index contributed by atoms with van der Waals surface area (Å²) in [6, 6.07) is 0. The Balaban J connectivity index is 2.75. The van der Waals surface area contributed by atoms with Crippen molar-refractivity contribution in [1.82, 2.24) is 0 Å². The molecular weight excluding hydrogens is 236 g/mol. The van der Waals surface area contributed by atoms with E-state index in [9.17, 15) is 9.59 Å². The average molecular weight is 258 g/mol. The first-order chi connectivity index (χ1) is 8.59. The zero-order valence-electron chi connectivity index (χ0n) is 11.4. The van der Waals surface area contributed by atoms with Crippen molar-refractivity contribution >= 4 is 11.9 Å². The quantitative estimate of drug-likeness (QED) is 0.702. The maximum absolute atomic E-state index is 12.0. The third-order valence-electron chi connectivity index (χ3n) is 3.37. The standard InChI is InChI=1S/C13H22O5/c1-4-17-11(14)10-7-6-8-13(9-10,16-3)12(15)18-5-2/h10H,4-9H2,1-3H3. The van der Waals surface area contributed by atoms with Crippen LogP contribution in [0.4, 0.5) is 0 Å². The highest BCUT2D eigenvalue weighted by atomic mass is 16.6. The molecule has 5 nitrogen and oxygen atoms in total. The minimum Gasteiger partial charge on any atom is -0.466 e. The van der Waals surface area contributed by atoms with Crippen molar-refractivity contribution < 1.29 is 23.8 Å². The van der Waals surface area contributed by atoms with E-state index >= 15 is 0 Å². The molecule has 0 amide bonds. The second-order valence-electron chi connectivity index (χ2n) is 4.46. The largest absolute Gasteiger partial charge is 0.466 e. The molecule has 0 saturated heterocycles. The molecule has 18 heavy (non-hydrogen) atoms. The smallest absolute Gasteiger partial charge is 0.338 e. The van der Waals surface area contributed by atoms with Gasteiger partial charge in [-0.15, -0.1) is 0 Å². The Morgan fingerprint density at radius 3 is 2.44 bits per heavy atom. The fraction of sp³-hybridized carbons (Fsp3) is 0.846. The molecule has 1 rings (SSSR count). The van der Waals surface area contributed by atoms with Gasteiger partial charge < -0.3 is 14.2 Å². The van der Waals surface area contributed by atoms with E-state index in [4.69, 9.17) is 14.2 Å². The zero-order chi connectivity index (χ0) is 13.6. The molecule has 1 aliphatic carbocycles. The van der Waals surface area contributed by atoms with Gasteiger partial charge in [-0.25, -0.2) is 4.79 Å². The van der Waals surface area contributed by atoms with Gasteiger partial charge in [-0.3, -0.25) is 4.79 Å². The van der Waals surface area contributed by atoms with Crippen LogP contribution in [0.3, 0.4) is 0 Å². The zero-order valence-corrected chi connectivity index (χ0v) is 11.4. The predicted octanol–water partition coefficient (Wildman–Crippen LogP) is 1.69. The molecule has 2 atom stereocenters. The summed E-state index contributed by atoms with van der Waals surface area (Å²) in [6.07, 6.45) is 2.44. The molecular formula is C13H22O5. The number of esters is 2. The van der Waals surface area contributed by atoms with E-state index in [0.29, 0.717) is 26.1 Å². The Bertz CT molecular complexity index is 302. The molecule has 0 aliphatic heterocycles. The van der Waals surface area contributed by atoms with Crippen LogP contribution in [-0.4, -0.2) is 37.9 Å². The van der Waals surface area contributed by atoms with Crippen LogP contribution in [0.1, 0.15) is 39.5 Å². The Morgan fingerprint density at radius 2 is 1.89 bits per heavy atom. The number of methoxy groups -OCH3 is 1. The molecule has 0 spiro atoms. The van der Waals surface area contributed by atoms with Gasteiger partial charge in [0.15, 0.2) is 5.60 Å². The van der Waals surface area contributed by atoms with E-state index in [1.165, 1.54) is 7.11 Å². The first-order valence-electron chi connectivity index (χ1n) is 6.48. The lowest BCUT2D eigenvalue weighted by Gasteiger charge is -2.36. The predicted molar refractivity (Wildman–Crippen MR) is 65.0 cm³/mol. The molecule has 1 saturated carbocycles. The van der Waals surface area contributed by atoms with E-state index in [1.807, 2.05) is 0 Å². The van der Waals surface area contributed by atoms with E-state index in [0.717, 1.165) is 12.8 Å². The molecule has 0 bridgehead atoms. The first kappa shape index (κ1) is 15.0. The van der Waals surface area contributed by atoms with Gasteiger partial charge in [0.1, 0.15) is 0 Å². The Morgan fingerprint density at radius 1 is 1.22 bits per heavy atom. The van der Waals surface area contributed by atoms with Crippen molar-refractivity contribution in [3.63, 3.8) is 0 Å². The maximum Gasteiger partial charge on any atom is 0.338 e. The van der Waals surface area contributed by atoms with Crippen molar-refractivity contribution in [3.8, 4) is 0 Å². The molecule has 104 valence electrons. The van der Waals surface area contributed by atoms with Gasteiger partial charge in [0, 0.05) is 13.5 Å². The number of carbonyl (C=O) groups excluding carboxylic acids is 2. The molecule has 0 radical (unpaired) electrons. The summed E-state index contributed by atoms with van der Waals surface area (Å²) in [7, 11) is 1.49. The van der Waals surface area contributed by atoms with Crippen LogP contribution in [0.2, 0.25) is 0 Å². The van der Waals surface area contributed by atoms with Crippen LogP contribution < -0.4 is 0 Å². The summed E-state index contributed by atoms with van der Waals surface area (Å²) in [5, 5.41) is 0. The second-order valence-corrected chi connectivity index (χ2v) is 4.46. The lowest BCUT2D eigenvalue weighted by Crippen LogP contribution is -2.47. The van der Waals surface area contributed by atoms with E-state index in [2.05, 4.69) is 0 Å². The minimum absolute atomic E-state index is 0.247. The Labute approximate surface area is 108 Å².